The molecule has 0 aromatic carbocycles. The third kappa shape index (κ3) is 5.60. The smallest absolute Gasteiger partial charge is 0.0474 e. The van der Waals surface area contributed by atoms with Crippen molar-refractivity contribution in [2.45, 2.75) is 51.1 Å². The van der Waals surface area contributed by atoms with Crippen LogP contribution in [0.4, 0.5) is 0 Å². The molecule has 1 saturated carbocycles. The second-order valence-electron chi connectivity index (χ2n) is 4.92. The van der Waals surface area contributed by atoms with Gasteiger partial charge in [-0.05, 0) is 36.7 Å². The van der Waals surface area contributed by atoms with Gasteiger partial charge in [0.2, 0.25) is 0 Å². The van der Waals surface area contributed by atoms with E-state index in [4.69, 9.17) is 5.73 Å². The zero-order chi connectivity index (χ0) is 12.5. The molecule has 0 spiro atoms. The molecule has 0 radical (unpaired) electrons. The second-order valence-corrected chi connectivity index (χ2v) is 6.31. The second kappa shape index (κ2) is 9.20. The van der Waals surface area contributed by atoms with Crippen LogP contribution >= 0.6 is 11.8 Å². The first-order valence-electron chi connectivity index (χ1n) is 6.96. The Bertz CT molecular complexity index is 192. The Labute approximate surface area is 110 Å². The van der Waals surface area contributed by atoms with Crippen LogP contribution in [0, 0.1) is 5.92 Å². The first kappa shape index (κ1) is 15.3. The van der Waals surface area contributed by atoms with Crippen molar-refractivity contribution < 1.29 is 5.11 Å². The van der Waals surface area contributed by atoms with E-state index in [9.17, 15) is 5.11 Å². The van der Waals surface area contributed by atoms with Gasteiger partial charge in [0.1, 0.15) is 0 Å². The number of nitrogens with one attached hydrogen (secondary N) is 1. The lowest BCUT2D eigenvalue weighted by Gasteiger charge is -2.34. The molecule has 0 aromatic heterocycles. The minimum absolute atomic E-state index is 0.318. The monoisotopic (exact) mass is 260 g/mol. The number of nitrogens with two attached hydrogens (primary N) is 1. The number of rotatable bonds is 8. The van der Waals surface area contributed by atoms with Gasteiger partial charge in [-0.3, -0.25) is 0 Å². The third-order valence-corrected chi connectivity index (χ3v) is 4.63. The van der Waals surface area contributed by atoms with Gasteiger partial charge in [-0.25, -0.2) is 0 Å². The van der Waals surface area contributed by atoms with Gasteiger partial charge < -0.3 is 16.2 Å². The number of hydrogen-bond acceptors (Lipinski definition) is 4. The van der Waals surface area contributed by atoms with E-state index >= 15 is 0 Å². The van der Waals surface area contributed by atoms with Crippen molar-refractivity contribution >= 4 is 11.8 Å². The molecule has 0 bridgehead atoms. The van der Waals surface area contributed by atoms with E-state index < -0.39 is 0 Å². The molecule has 4 heteroatoms. The highest BCUT2D eigenvalue weighted by molar-refractivity contribution is 7.99. The summed E-state index contributed by atoms with van der Waals surface area (Å²) in [5.41, 5.74) is 5.82. The van der Waals surface area contributed by atoms with Crippen molar-refractivity contribution in [2.75, 3.05) is 24.7 Å². The molecule has 0 aromatic rings. The van der Waals surface area contributed by atoms with E-state index in [-0.39, 0.29) is 0 Å². The molecular formula is C13H28N2OS. The summed E-state index contributed by atoms with van der Waals surface area (Å²) < 4.78 is 0. The fourth-order valence-corrected chi connectivity index (χ4v) is 3.33. The van der Waals surface area contributed by atoms with Gasteiger partial charge >= 0.3 is 0 Å². The molecule has 3 nitrogen and oxygen atoms in total. The van der Waals surface area contributed by atoms with Gasteiger partial charge in [0, 0.05) is 25.2 Å². The Kier molecular flexibility index (Phi) is 8.27. The predicted molar refractivity (Wildman–Crippen MR) is 76.4 cm³/mol. The highest BCUT2D eigenvalue weighted by Crippen LogP contribution is 2.24. The number of aliphatic hydroxyl groups is 1. The summed E-state index contributed by atoms with van der Waals surface area (Å²) >= 11 is 1.98. The van der Waals surface area contributed by atoms with Crippen LogP contribution in [0.2, 0.25) is 0 Å². The fourth-order valence-electron chi connectivity index (χ4n) is 2.59. The van der Waals surface area contributed by atoms with Gasteiger partial charge in [-0.15, -0.1) is 0 Å². The van der Waals surface area contributed by atoms with Crippen LogP contribution in [0.25, 0.3) is 0 Å². The van der Waals surface area contributed by atoms with Crippen LogP contribution in [0.3, 0.4) is 0 Å². The van der Waals surface area contributed by atoms with E-state index in [2.05, 4.69) is 12.2 Å². The summed E-state index contributed by atoms with van der Waals surface area (Å²) in [4.78, 5) is 0. The Hall–Kier alpha value is 0.230. The quantitative estimate of drug-likeness (QED) is 0.580. The highest BCUT2D eigenvalue weighted by atomic mass is 32.2. The van der Waals surface area contributed by atoms with Crippen molar-refractivity contribution in [2.24, 2.45) is 11.7 Å². The average molecular weight is 260 g/mol. The SMILES string of the molecule is CCSCCC(CN)NC1CCCCC1CO. The van der Waals surface area contributed by atoms with Crippen LogP contribution in [-0.4, -0.2) is 41.8 Å². The summed E-state index contributed by atoms with van der Waals surface area (Å²) in [6.07, 6.45) is 6.05. The molecule has 17 heavy (non-hydrogen) atoms. The average Bonchev–Trinajstić information content (AvgIpc) is 2.38. The van der Waals surface area contributed by atoms with Crippen LogP contribution in [0.5, 0.6) is 0 Å². The fraction of sp³-hybridized carbons (Fsp3) is 1.00. The van der Waals surface area contributed by atoms with Crippen molar-refractivity contribution in [3.05, 3.63) is 0 Å². The topological polar surface area (TPSA) is 58.3 Å². The lowest BCUT2D eigenvalue weighted by molar-refractivity contribution is 0.146. The summed E-state index contributed by atoms with van der Waals surface area (Å²) in [7, 11) is 0. The third-order valence-electron chi connectivity index (χ3n) is 3.69. The van der Waals surface area contributed by atoms with E-state index in [0.717, 1.165) is 12.8 Å². The molecule has 1 fully saturated rings. The Morgan fingerprint density at radius 1 is 1.41 bits per heavy atom. The maximum absolute atomic E-state index is 9.39. The first-order valence-corrected chi connectivity index (χ1v) is 8.12. The van der Waals surface area contributed by atoms with Crippen molar-refractivity contribution in [3.63, 3.8) is 0 Å². The van der Waals surface area contributed by atoms with E-state index in [0.29, 0.717) is 31.2 Å². The van der Waals surface area contributed by atoms with Crippen LogP contribution in [-0.2, 0) is 0 Å². The largest absolute Gasteiger partial charge is 0.396 e. The van der Waals surface area contributed by atoms with E-state index in [1.165, 1.54) is 30.8 Å². The Morgan fingerprint density at radius 3 is 2.82 bits per heavy atom. The van der Waals surface area contributed by atoms with Gasteiger partial charge in [-0.1, -0.05) is 19.8 Å². The minimum Gasteiger partial charge on any atom is -0.396 e. The van der Waals surface area contributed by atoms with E-state index in [1.807, 2.05) is 11.8 Å². The highest BCUT2D eigenvalue weighted by Gasteiger charge is 2.25. The van der Waals surface area contributed by atoms with Gasteiger partial charge in [0.05, 0.1) is 0 Å². The molecule has 0 saturated heterocycles. The molecule has 0 heterocycles. The summed E-state index contributed by atoms with van der Waals surface area (Å²) in [5.74, 6) is 2.80. The van der Waals surface area contributed by atoms with E-state index in [1.54, 1.807) is 0 Å². The maximum Gasteiger partial charge on any atom is 0.0474 e. The van der Waals surface area contributed by atoms with Crippen LogP contribution < -0.4 is 11.1 Å². The number of aliphatic hydroxyl groups excluding tert-OH is 1. The van der Waals surface area contributed by atoms with Gasteiger partial charge in [-0.2, -0.15) is 11.8 Å². The minimum atomic E-state index is 0.318. The lowest BCUT2D eigenvalue weighted by Crippen LogP contribution is -2.48. The van der Waals surface area contributed by atoms with Crippen molar-refractivity contribution in [3.8, 4) is 0 Å². The van der Waals surface area contributed by atoms with Crippen molar-refractivity contribution in [1.29, 1.82) is 0 Å². The molecule has 1 aliphatic rings. The summed E-state index contributed by atoms with van der Waals surface area (Å²) in [5, 5.41) is 13.1. The zero-order valence-corrected chi connectivity index (χ0v) is 11.8. The molecule has 3 atom stereocenters. The first-order chi connectivity index (χ1) is 8.31. The molecule has 0 amide bonds. The van der Waals surface area contributed by atoms with Gasteiger partial charge in [0.15, 0.2) is 0 Å². The molecule has 3 unspecified atom stereocenters. The Morgan fingerprint density at radius 2 is 2.18 bits per heavy atom. The standard InChI is InChI=1S/C13H28N2OS/c1-2-17-8-7-12(9-14)15-13-6-4-3-5-11(13)10-16/h11-13,15-16H,2-10,14H2,1H3. The molecule has 4 N–H and O–H groups in total. The maximum atomic E-state index is 9.39. The predicted octanol–water partition coefficient (Wildman–Crippen LogP) is 1.60. The molecule has 0 aliphatic heterocycles. The van der Waals surface area contributed by atoms with Crippen LogP contribution in [0.15, 0.2) is 0 Å². The number of hydrogen-bond donors (Lipinski definition) is 3. The normalized spacial score (nSPS) is 27.0. The molecule has 1 aliphatic carbocycles. The number of thioether (sulfide) groups is 1. The molecule has 1 rings (SSSR count). The Balaban J connectivity index is 2.31. The zero-order valence-electron chi connectivity index (χ0n) is 11.0. The lowest BCUT2D eigenvalue weighted by atomic mass is 9.84. The summed E-state index contributed by atoms with van der Waals surface area (Å²) in [6, 6.07) is 0.903. The molecule has 102 valence electrons. The van der Waals surface area contributed by atoms with Gasteiger partial charge in [0.25, 0.3) is 0 Å². The van der Waals surface area contributed by atoms with Crippen LogP contribution in [0.1, 0.15) is 39.0 Å². The van der Waals surface area contributed by atoms with Crippen molar-refractivity contribution in [1.82, 2.24) is 5.32 Å². The molecular weight excluding hydrogens is 232 g/mol. The summed E-state index contributed by atoms with van der Waals surface area (Å²) in [6.45, 7) is 3.22.